The molecule has 0 aliphatic carbocycles. The van der Waals surface area contributed by atoms with Crippen LogP contribution >= 0.6 is 0 Å². The summed E-state index contributed by atoms with van der Waals surface area (Å²) in [5.74, 6) is -1.14. The number of carbonyl (C=O) groups is 2. The standard InChI is InChI=1S/C31H32N2O4/c1-31(2,3)30(35)37-19-18-36-29(34)27(21-32)20-24-14-16-28(17-15-24)33(22-25-10-6-4-7-11-25)23-26-12-8-5-9-13-26/h4-17,20H,18-19,22-23H2,1-3H3/b27-20+. The summed E-state index contributed by atoms with van der Waals surface area (Å²) in [6.45, 7) is 6.52. The van der Waals surface area contributed by atoms with Crippen LogP contribution in [0.1, 0.15) is 37.5 Å². The van der Waals surface area contributed by atoms with Crippen molar-refractivity contribution in [2.75, 3.05) is 18.1 Å². The largest absolute Gasteiger partial charge is 0.462 e. The number of nitrogens with zero attached hydrogens (tertiary/aromatic N) is 2. The topological polar surface area (TPSA) is 79.6 Å². The van der Waals surface area contributed by atoms with Gasteiger partial charge in [0.05, 0.1) is 5.41 Å². The lowest BCUT2D eigenvalue weighted by molar-refractivity contribution is -0.157. The van der Waals surface area contributed by atoms with Gasteiger partial charge in [0.2, 0.25) is 0 Å². The van der Waals surface area contributed by atoms with E-state index in [9.17, 15) is 14.9 Å². The van der Waals surface area contributed by atoms with Crippen LogP contribution in [0.4, 0.5) is 5.69 Å². The molecule has 0 aliphatic rings. The Morgan fingerprint density at radius 1 is 0.811 bits per heavy atom. The first kappa shape index (κ1) is 27.2. The quantitative estimate of drug-likeness (QED) is 0.150. The number of nitriles is 1. The van der Waals surface area contributed by atoms with E-state index in [2.05, 4.69) is 29.2 Å². The number of ether oxygens (including phenoxy) is 2. The van der Waals surface area contributed by atoms with Gasteiger partial charge in [-0.3, -0.25) is 4.79 Å². The summed E-state index contributed by atoms with van der Waals surface area (Å²) in [5.41, 5.74) is 3.36. The van der Waals surface area contributed by atoms with Crippen molar-refractivity contribution in [2.45, 2.75) is 33.9 Å². The highest BCUT2D eigenvalue weighted by Gasteiger charge is 2.23. The van der Waals surface area contributed by atoms with Crippen LogP contribution in [0.25, 0.3) is 6.08 Å². The maximum atomic E-state index is 12.3. The van der Waals surface area contributed by atoms with E-state index in [0.29, 0.717) is 5.56 Å². The summed E-state index contributed by atoms with van der Waals surface area (Å²) in [6, 6.07) is 30.1. The molecule has 0 unspecified atom stereocenters. The second-order valence-corrected chi connectivity index (χ2v) is 9.61. The Labute approximate surface area is 218 Å². The molecule has 190 valence electrons. The fourth-order valence-corrected chi connectivity index (χ4v) is 3.49. The number of anilines is 1. The minimum Gasteiger partial charge on any atom is -0.462 e. The second kappa shape index (κ2) is 13.1. The molecule has 6 heteroatoms. The molecule has 3 aromatic rings. The summed E-state index contributed by atoms with van der Waals surface area (Å²) in [7, 11) is 0. The normalized spacial score (nSPS) is 11.4. The maximum Gasteiger partial charge on any atom is 0.349 e. The first-order chi connectivity index (χ1) is 17.8. The number of benzene rings is 3. The molecule has 37 heavy (non-hydrogen) atoms. The Morgan fingerprint density at radius 2 is 1.32 bits per heavy atom. The maximum absolute atomic E-state index is 12.3. The minimum absolute atomic E-state index is 0.0616. The van der Waals surface area contributed by atoms with Gasteiger partial charge in [0, 0.05) is 18.8 Å². The van der Waals surface area contributed by atoms with Gasteiger partial charge in [-0.1, -0.05) is 72.8 Å². The fraction of sp³-hybridized carbons (Fsp3) is 0.258. The van der Waals surface area contributed by atoms with Crippen molar-refractivity contribution in [1.82, 2.24) is 0 Å². The SMILES string of the molecule is CC(C)(C)C(=O)OCCOC(=O)/C(C#N)=C/c1ccc(N(Cc2ccccc2)Cc2ccccc2)cc1. The Morgan fingerprint density at radius 3 is 1.81 bits per heavy atom. The zero-order valence-corrected chi connectivity index (χ0v) is 21.5. The molecule has 0 amide bonds. The Hall–Kier alpha value is -4.37. The highest BCUT2D eigenvalue weighted by atomic mass is 16.6. The van der Waals surface area contributed by atoms with Crippen molar-refractivity contribution in [3.8, 4) is 6.07 Å². The Kier molecular flexibility index (Phi) is 9.62. The van der Waals surface area contributed by atoms with Crippen molar-refractivity contribution in [2.24, 2.45) is 5.41 Å². The third kappa shape index (κ3) is 8.66. The molecule has 0 aromatic heterocycles. The van der Waals surface area contributed by atoms with E-state index in [0.717, 1.165) is 18.8 Å². The van der Waals surface area contributed by atoms with Crippen LogP contribution in [-0.4, -0.2) is 25.2 Å². The summed E-state index contributed by atoms with van der Waals surface area (Å²) >= 11 is 0. The molecule has 6 nitrogen and oxygen atoms in total. The average molecular weight is 497 g/mol. The molecule has 0 N–H and O–H groups in total. The van der Waals surface area contributed by atoms with Crippen molar-refractivity contribution < 1.29 is 19.1 Å². The molecule has 0 bridgehead atoms. The predicted molar refractivity (Wildman–Crippen MR) is 144 cm³/mol. The van der Waals surface area contributed by atoms with Crippen LogP contribution in [0.5, 0.6) is 0 Å². The van der Waals surface area contributed by atoms with Crippen LogP contribution in [-0.2, 0) is 32.2 Å². The van der Waals surface area contributed by atoms with E-state index in [1.165, 1.54) is 17.2 Å². The van der Waals surface area contributed by atoms with E-state index in [4.69, 9.17) is 9.47 Å². The number of rotatable bonds is 10. The lowest BCUT2D eigenvalue weighted by Gasteiger charge is -2.25. The Bertz CT molecular complexity index is 1200. The number of carbonyl (C=O) groups excluding carboxylic acids is 2. The van der Waals surface area contributed by atoms with Gasteiger partial charge < -0.3 is 14.4 Å². The molecule has 0 aliphatic heterocycles. The van der Waals surface area contributed by atoms with Gasteiger partial charge in [0.1, 0.15) is 24.9 Å². The first-order valence-electron chi connectivity index (χ1n) is 12.2. The lowest BCUT2D eigenvalue weighted by atomic mass is 9.97. The monoisotopic (exact) mass is 496 g/mol. The molecule has 0 heterocycles. The zero-order chi connectivity index (χ0) is 26.7. The van der Waals surface area contributed by atoms with Crippen LogP contribution in [0.15, 0.2) is 90.5 Å². The van der Waals surface area contributed by atoms with Crippen LogP contribution in [0, 0.1) is 16.7 Å². The second-order valence-electron chi connectivity index (χ2n) is 9.61. The molecular weight excluding hydrogens is 464 g/mol. The molecule has 0 saturated carbocycles. The zero-order valence-electron chi connectivity index (χ0n) is 21.5. The highest BCUT2D eigenvalue weighted by Crippen LogP contribution is 2.22. The Balaban J connectivity index is 1.67. The molecule has 0 saturated heterocycles. The highest BCUT2D eigenvalue weighted by molar-refractivity contribution is 5.97. The van der Waals surface area contributed by atoms with Gasteiger partial charge in [-0.05, 0) is 55.7 Å². The van der Waals surface area contributed by atoms with Gasteiger partial charge in [-0.2, -0.15) is 5.26 Å². The minimum atomic E-state index is -0.756. The van der Waals surface area contributed by atoms with E-state index >= 15 is 0 Å². The van der Waals surface area contributed by atoms with E-state index in [-0.39, 0.29) is 24.8 Å². The third-order valence-corrected chi connectivity index (χ3v) is 5.50. The molecule has 0 spiro atoms. The summed E-state index contributed by atoms with van der Waals surface area (Å²) in [4.78, 5) is 26.4. The van der Waals surface area contributed by atoms with Gasteiger partial charge in [0.25, 0.3) is 0 Å². The first-order valence-corrected chi connectivity index (χ1v) is 12.2. The van der Waals surface area contributed by atoms with Gasteiger partial charge >= 0.3 is 11.9 Å². The smallest absolute Gasteiger partial charge is 0.349 e. The molecule has 3 aromatic carbocycles. The van der Waals surface area contributed by atoms with Crippen LogP contribution in [0.3, 0.4) is 0 Å². The molecular formula is C31H32N2O4. The third-order valence-electron chi connectivity index (χ3n) is 5.50. The lowest BCUT2D eigenvalue weighted by Crippen LogP contribution is -2.25. The van der Waals surface area contributed by atoms with Crippen molar-refractivity contribution in [3.63, 3.8) is 0 Å². The summed E-state index contributed by atoms with van der Waals surface area (Å²) in [5, 5.41) is 9.47. The average Bonchev–Trinajstić information content (AvgIpc) is 2.90. The van der Waals surface area contributed by atoms with Gasteiger partial charge in [-0.25, -0.2) is 4.79 Å². The van der Waals surface area contributed by atoms with E-state index < -0.39 is 11.4 Å². The van der Waals surface area contributed by atoms with Crippen molar-refractivity contribution >= 4 is 23.7 Å². The van der Waals surface area contributed by atoms with Crippen molar-refractivity contribution in [3.05, 3.63) is 107 Å². The summed E-state index contributed by atoms with van der Waals surface area (Å²) < 4.78 is 10.2. The van der Waals surface area contributed by atoms with E-state index in [1.807, 2.05) is 66.7 Å². The number of esters is 2. The number of hydrogen-bond donors (Lipinski definition) is 0. The van der Waals surface area contributed by atoms with Crippen molar-refractivity contribution in [1.29, 1.82) is 5.26 Å². The van der Waals surface area contributed by atoms with Crippen LogP contribution in [0.2, 0.25) is 0 Å². The van der Waals surface area contributed by atoms with E-state index in [1.54, 1.807) is 20.8 Å². The molecule has 0 fully saturated rings. The molecule has 0 radical (unpaired) electrons. The predicted octanol–water partition coefficient (Wildman–Crippen LogP) is 5.93. The van der Waals surface area contributed by atoms with Gasteiger partial charge in [0.15, 0.2) is 0 Å². The molecule has 0 atom stereocenters. The molecule has 3 rings (SSSR count). The van der Waals surface area contributed by atoms with Crippen LogP contribution < -0.4 is 4.90 Å². The fourth-order valence-electron chi connectivity index (χ4n) is 3.49. The van der Waals surface area contributed by atoms with Gasteiger partial charge in [-0.15, -0.1) is 0 Å². The summed E-state index contributed by atoms with van der Waals surface area (Å²) in [6.07, 6.45) is 1.49. The number of hydrogen-bond acceptors (Lipinski definition) is 6.